The molecule has 9 nitrogen and oxygen atoms in total. The van der Waals surface area contributed by atoms with Gasteiger partial charge >= 0.3 is 5.69 Å². The molecule has 162 valence electrons. The van der Waals surface area contributed by atoms with Crippen LogP contribution in [0.15, 0.2) is 35.4 Å². The Labute approximate surface area is 179 Å². The maximum absolute atomic E-state index is 12.9. The summed E-state index contributed by atoms with van der Waals surface area (Å²) >= 11 is 0. The van der Waals surface area contributed by atoms with Crippen molar-refractivity contribution in [2.24, 2.45) is 5.92 Å². The van der Waals surface area contributed by atoms with Crippen LogP contribution in [-0.2, 0) is 17.9 Å². The molecule has 1 amide bonds. The van der Waals surface area contributed by atoms with Gasteiger partial charge in [0, 0.05) is 50.9 Å². The van der Waals surface area contributed by atoms with E-state index in [-0.39, 0.29) is 18.3 Å². The number of aromatic nitrogens is 4. The Bertz CT molecular complexity index is 1200. The molecule has 1 atom stereocenters. The van der Waals surface area contributed by atoms with Gasteiger partial charge in [0.1, 0.15) is 12.5 Å². The van der Waals surface area contributed by atoms with Gasteiger partial charge < -0.3 is 14.5 Å². The van der Waals surface area contributed by atoms with Crippen molar-refractivity contribution >= 4 is 23.1 Å². The van der Waals surface area contributed by atoms with E-state index in [9.17, 15) is 9.59 Å². The Morgan fingerprint density at radius 3 is 2.94 bits per heavy atom. The highest BCUT2D eigenvalue weighted by Crippen LogP contribution is 2.32. The summed E-state index contributed by atoms with van der Waals surface area (Å²) in [4.78, 5) is 34.0. The molecule has 0 unspecified atom stereocenters. The number of carbonyl (C=O) groups excluding carboxylic acids is 1. The lowest BCUT2D eigenvalue weighted by Crippen LogP contribution is -2.30. The molecule has 31 heavy (non-hydrogen) atoms. The first-order valence-electron chi connectivity index (χ1n) is 10.7. The van der Waals surface area contributed by atoms with Gasteiger partial charge in [0.25, 0.3) is 5.91 Å². The number of likely N-dealkylation sites (tertiary alicyclic amines) is 1. The average Bonchev–Trinajstić information content (AvgIpc) is 3.35. The van der Waals surface area contributed by atoms with Gasteiger partial charge in [-0.1, -0.05) is 6.92 Å². The smallest absolute Gasteiger partial charge is 0.352 e. The van der Waals surface area contributed by atoms with E-state index >= 15 is 0 Å². The standard InChI is InChI=1S/C22H26N6O3/c1-15-5-8-25(13-15)21(29)17-10-16-4-3-7-26(20(16)23-12-17)18-6-9-27-19(11-18)24-28(14-31-2)22(27)30/h6,9-12,15H,3-5,7-8,13-14H2,1-2H3/t15-/m1/s1. The number of rotatable bonds is 4. The van der Waals surface area contributed by atoms with Gasteiger partial charge in [-0.3, -0.25) is 9.20 Å². The van der Waals surface area contributed by atoms with Crippen molar-refractivity contribution in [3.63, 3.8) is 0 Å². The summed E-state index contributed by atoms with van der Waals surface area (Å²) < 4.78 is 7.83. The quantitative estimate of drug-likeness (QED) is 0.640. The summed E-state index contributed by atoms with van der Waals surface area (Å²) in [5.41, 5.74) is 2.98. The van der Waals surface area contributed by atoms with Crippen LogP contribution in [0, 0.1) is 5.92 Å². The van der Waals surface area contributed by atoms with Gasteiger partial charge in [-0.25, -0.2) is 9.78 Å². The van der Waals surface area contributed by atoms with E-state index in [0.717, 1.165) is 56.0 Å². The molecule has 0 aromatic carbocycles. The Hall–Kier alpha value is -3.20. The first-order chi connectivity index (χ1) is 15.0. The highest BCUT2D eigenvalue weighted by atomic mass is 16.5. The van der Waals surface area contributed by atoms with E-state index in [1.165, 1.54) is 16.2 Å². The van der Waals surface area contributed by atoms with E-state index < -0.39 is 0 Å². The molecule has 9 heteroatoms. The summed E-state index contributed by atoms with van der Waals surface area (Å²) in [7, 11) is 1.53. The Kier molecular flexibility index (Phi) is 4.97. The number of anilines is 2. The van der Waals surface area contributed by atoms with E-state index in [1.807, 2.05) is 23.1 Å². The number of amides is 1. The summed E-state index contributed by atoms with van der Waals surface area (Å²) in [5, 5.41) is 4.35. The third-order valence-electron chi connectivity index (χ3n) is 6.12. The number of nitrogens with zero attached hydrogens (tertiary/aromatic N) is 6. The van der Waals surface area contributed by atoms with Crippen LogP contribution in [0.1, 0.15) is 35.7 Å². The molecular weight excluding hydrogens is 396 g/mol. The summed E-state index contributed by atoms with van der Waals surface area (Å²) in [6.07, 6.45) is 6.33. The molecule has 0 N–H and O–H groups in total. The van der Waals surface area contributed by atoms with E-state index in [0.29, 0.717) is 17.1 Å². The molecular formula is C22H26N6O3. The molecule has 0 saturated carbocycles. The average molecular weight is 422 g/mol. The van der Waals surface area contributed by atoms with Crippen LogP contribution in [0.4, 0.5) is 11.5 Å². The molecule has 2 aliphatic rings. The normalized spacial score (nSPS) is 18.6. The molecule has 0 bridgehead atoms. The van der Waals surface area contributed by atoms with Crippen LogP contribution >= 0.6 is 0 Å². The number of carbonyl (C=O) groups is 1. The summed E-state index contributed by atoms with van der Waals surface area (Å²) in [5.74, 6) is 1.49. The van der Waals surface area contributed by atoms with Gasteiger partial charge in [0.2, 0.25) is 0 Å². The van der Waals surface area contributed by atoms with Crippen LogP contribution in [0.3, 0.4) is 0 Å². The fourth-order valence-electron chi connectivity index (χ4n) is 4.52. The second kappa shape index (κ2) is 7.81. The zero-order valence-corrected chi connectivity index (χ0v) is 17.8. The minimum absolute atomic E-state index is 0.0706. The second-order valence-electron chi connectivity index (χ2n) is 8.42. The SMILES string of the molecule is COCn1nc2cc(N3CCCc4cc(C(=O)N5CC[C@@H](C)C5)cnc43)ccn2c1=O. The first-order valence-corrected chi connectivity index (χ1v) is 10.7. The van der Waals surface area contributed by atoms with Gasteiger partial charge in [0.15, 0.2) is 5.65 Å². The molecule has 3 aromatic heterocycles. The zero-order chi connectivity index (χ0) is 21.5. The number of hydrogen-bond donors (Lipinski definition) is 0. The molecule has 2 aliphatic heterocycles. The van der Waals surface area contributed by atoms with Crippen molar-refractivity contribution in [2.75, 3.05) is 31.6 Å². The third-order valence-corrected chi connectivity index (χ3v) is 6.12. The monoisotopic (exact) mass is 422 g/mol. The molecule has 1 fully saturated rings. The molecule has 0 spiro atoms. The Balaban J connectivity index is 1.46. The van der Waals surface area contributed by atoms with Gasteiger partial charge in [-0.05, 0) is 42.9 Å². The van der Waals surface area contributed by atoms with Crippen LogP contribution in [0.5, 0.6) is 0 Å². The number of ether oxygens (including phenoxy) is 1. The van der Waals surface area contributed by atoms with Crippen molar-refractivity contribution in [3.8, 4) is 0 Å². The van der Waals surface area contributed by atoms with Gasteiger partial charge in [0.05, 0.1) is 5.56 Å². The van der Waals surface area contributed by atoms with Crippen LogP contribution < -0.4 is 10.6 Å². The highest BCUT2D eigenvalue weighted by Gasteiger charge is 2.27. The van der Waals surface area contributed by atoms with Crippen LogP contribution in [0.2, 0.25) is 0 Å². The predicted molar refractivity (Wildman–Crippen MR) is 116 cm³/mol. The lowest BCUT2D eigenvalue weighted by atomic mass is 10.0. The lowest BCUT2D eigenvalue weighted by molar-refractivity contribution is 0.0787. The van der Waals surface area contributed by atoms with E-state index in [4.69, 9.17) is 4.74 Å². The number of fused-ring (bicyclic) bond motifs is 2. The van der Waals surface area contributed by atoms with Crippen molar-refractivity contribution in [3.05, 3.63) is 52.2 Å². The molecule has 0 aliphatic carbocycles. The lowest BCUT2D eigenvalue weighted by Gasteiger charge is -2.30. The van der Waals surface area contributed by atoms with Crippen LogP contribution in [0.25, 0.3) is 5.65 Å². The third kappa shape index (κ3) is 3.48. The molecule has 0 radical (unpaired) electrons. The van der Waals surface area contributed by atoms with Gasteiger partial charge in [-0.15, -0.1) is 5.10 Å². The number of hydrogen-bond acceptors (Lipinski definition) is 6. The maximum atomic E-state index is 12.9. The zero-order valence-electron chi connectivity index (χ0n) is 17.8. The molecule has 5 rings (SSSR count). The van der Waals surface area contributed by atoms with Crippen LogP contribution in [-0.4, -0.2) is 56.7 Å². The largest absolute Gasteiger partial charge is 0.362 e. The minimum Gasteiger partial charge on any atom is -0.362 e. The molecule has 5 heterocycles. The van der Waals surface area contributed by atoms with Gasteiger partial charge in [-0.2, -0.15) is 4.68 Å². The predicted octanol–water partition coefficient (Wildman–Crippen LogP) is 2.06. The van der Waals surface area contributed by atoms with Crippen molar-refractivity contribution in [2.45, 2.75) is 32.9 Å². The minimum atomic E-state index is -0.236. The fourth-order valence-corrected chi connectivity index (χ4v) is 4.52. The highest BCUT2D eigenvalue weighted by molar-refractivity contribution is 5.94. The van der Waals surface area contributed by atoms with E-state index in [2.05, 4.69) is 21.9 Å². The molecule has 3 aromatic rings. The Morgan fingerprint density at radius 2 is 2.16 bits per heavy atom. The van der Waals surface area contributed by atoms with Crippen molar-refractivity contribution in [1.29, 1.82) is 0 Å². The fraction of sp³-hybridized carbons (Fsp3) is 0.455. The van der Waals surface area contributed by atoms with Crippen molar-refractivity contribution < 1.29 is 9.53 Å². The molecule has 1 saturated heterocycles. The summed E-state index contributed by atoms with van der Waals surface area (Å²) in [6.45, 7) is 4.74. The second-order valence-corrected chi connectivity index (χ2v) is 8.42. The number of methoxy groups -OCH3 is 1. The topological polar surface area (TPSA) is 85.0 Å². The maximum Gasteiger partial charge on any atom is 0.352 e. The summed E-state index contributed by atoms with van der Waals surface area (Å²) in [6, 6.07) is 5.78. The number of pyridine rings is 2. The number of aryl methyl sites for hydroxylation is 1. The Morgan fingerprint density at radius 1 is 1.29 bits per heavy atom. The van der Waals surface area contributed by atoms with Crippen molar-refractivity contribution in [1.82, 2.24) is 24.1 Å². The first kappa shape index (κ1) is 19.7. The van der Waals surface area contributed by atoms with E-state index in [1.54, 1.807) is 12.4 Å².